The van der Waals surface area contributed by atoms with E-state index in [0.717, 1.165) is 18.5 Å². The third-order valence-electron chi connectivity index (χ3n) is 2.93. The second kappa shape index (κ2) is 3.90. The molecule has 0 aliphatic rings. The zero-order valence-electron chi connectivity index (χ0n) is 9.37. The van der Waals surface area contributed by atoms with Crippen molar-refractivity contribution in [3.05, 3.63) is 16.0 Å². The number of aromatic nitrogens is 2. The molecule has 4 nitrogen and oxygen atoms in total. The Kier molecular flexibility index (Phi) is 3.03. The van der Waals surface area contributed by atoms with E-state index in [9.17, 15) is 4.79 Å². The number of nitrogen functional groups attached to an aromatic ring is 1. The van der Waals surface area contributed by atoms with Gasteiger partial charge in [-0.15, -0.1) is 0 Å². The Hall–Kier alpha value is -1.19. The SMILES string of the molecule is CCC(CC)n1c(=O)c(N)c(C)n1C. The van der Waals surface area contributed by atoms with Crippen molar-refractivity contribution in [2.24, 2.45) is 7.05 Å². The van der Waals surface area contributed by atoms with Crippen LogP contribution in [-0.4, -0.2) is 9.36 Å². The number of rotatable bonds is 3. The number of nitrogens with zero attached hydrogens (tertiary/aromatic N) is 2. The Balaban J connectivity index is 3.34. The summed E-state index contributed by atoms with van der Waals surface area (Å²) in [6, 6.07) is 0.253. The fourth-order valence-electron chi connectivity index (χ4n) is 1.80. The van der Waals surface area contributed by atoms with E-state index in [4.69, 9.17) is 5.73 Å². The first-order chi connectivity index (χ1) is 6.54. The first kappa shape index (κ1) is 10.9. The van der Waals surface area contributed by atoms with Crippen molar-refractivity contribution in [3.8, 4) is 0 Å². The minimum Gasteiger partial charge on any atom is -0.393 e. The van der Waals surface area contributed by atoms with E-state index in [0.29, 0.717) is 5.69 Å². The molecule has 1 aromatic heterocycles. The van der Waals surface area contributed by atoms with Crippen molar-refractivity contribution in [2.45, 2.75) is 39.7 Å². The van der Waals surface area contributed by atoms with Crippen molar-refractivity contribution >= 4 is 5.69 Å². The summed E-state index contributed by atoms with van der Waals surface area (Å²) in [4.78, 5) is 11.8. The highest BCUT2D eigenvalue weighted by Crippen LogP contribution is 2.16. The van der Waals surface area contributed by atoms with Crippen LogP contribution in [0.25, 0.3) is 0 Å². The van der Waals surface area contributed by atoms with Gasteiger partial charge in [0.2, 0.25) is 0 Å². The Bertz CT molecular complexity index is 371. The van der Waals surface area contributed by atoms with Gasteiger partial charge in [0.1, 0.15) is 5.69 Å². The summed E-state index contributed by atoms with van der Waals surface area (Å²) >= 11 is 0. The molecule has 2 N–H and O–H groups in total. The van der Waals surface area contributed by atoms with Crippen LogP contribution >= 0.6 is 0 Å². The molecule has 0 aliphatic heterocycles. The molecule has 0 saturated heterocycles. The zero-order chi connectivity index (χ0) is 10.9. The van der Waals surface area contributed by atoms with Crippen LogP contribution in [-0.2, 0) is 7.05 Å². The van der Waals surface area contributed by atoms with Crippen molar-refractivity contribution in [2.75, 3.05) is 5.73 Å². The largest absolute Gasteiger partial charge is 0.393 e. The van der Waals surface area contributed by atoms with E-state index >= 15 is 0 Å². The molecule has 0 radical (unpaired) electrons. The normalized spacial score (nSPS) is 11.2. The molecule has 0 aliphatic carbocycles. The highest BCUT2D eigenvalue weighted by atomic mass is 16.1. The minimum absolute atomic E-state index is 0.0568. The Morgan fingerprint density at radius 2 is 1.86 bits per heavy atom. The van der Waals surface area contributed by atoms with Gasteiger partial charge in [-0.2, -0.15) is 0 Å². The van der Waals surface area contributed by atoms with Crippen LogP contribution in [0.5, 0.6) is 0 Å². The summed E-state index contributed by atoms with van der Waals surface area (Å²) in [6.07, 6.45) is 1.90. The van der Waals surface area contributed by atoms with E-state index in [-0.39, 0.29) is 11.6 Å². The van der Waals surface area contributed by atoms with Crippen LogP contribution in [0.3, 0.4) is 0 Å². The van der Waals surface area contributed by atoms with Gasteiger partial charge in [0, 0.05) is 7.05 Å². The topological polar surface area (TPSA) is 52.9 Å². The lowest BCUT2D eigenvalue weighted by Crippen LogP contribution is -2.26. The van der Waals surface area contributed by atoms with E-state index < -0.39 is 0 Å². The van der Waals surface area contributed by atoms with Gasteiger partial charge >= 0.3 is 0 Å². The van der Waals surface area contributed by atoms with Gasteiger partial charge in [0.15, 0.2) is 0 Å². The molecule has 4 heteroatoms. The summed E-state index contributed by atoms with van der Waals surface area (Å²) < 4.78 is 3.61. The molecule has 0 spiro atoms. The van der Waals surface area contributed by atoms with Crippen LogP contribution in [0, 0.1) is 6.92 Å². The summed E-state index contributed by atoms with van der Waals surface area (Å²) in [5.41, 5.74) is 6.86. The fraction of sp³-hybridized carbons (Fsp3) is 0.700. The smallest absolute Gasteiger partial charge is 0.290 e. The molecule has 0 bridgehead atoms. The van der Waals surface area contributed by atoms with E-state index in [2.05, 4.69) is 13.8 Å². The summed E-state index contributed by atoms with van der Waals surface area (Å²) in [5.74, 6) is 0. The van der Waals surface area contributed by atoms with E-state index in [1.165, 1.54) is 0 Å². The van der Waals surface area contributed by atoms with Crippen molar-refractivity contribution in [1.29, 1.82) is 0 Å². The average molecular weight is 197 g/mol. The van der Waals surface area contributed by atoms with Crippen LogP contribution in [0.15, 0.2) is 4.79 Å². The second-order valence-corrected chi connectivity index (χ2v) is 3.64. The average Bonchev–Trinajstić information content (AvgIpc) is 2.37. The summed E-state index contributed by atoms with van der Waals surface area (Å²) in [5, 5.41) is 0. The molecule has 0 fully saturated rings. The van der Waals surface area contributed by atoms with Crippen LogP contribution in [0.1, 0.15) is 38.4 Å². The molecule has 0 atom stereocenters. The van der Waals surface area contributed by atoms with Gasteiger partial charge in [-0.05, 0) is 19.8 Å². The van der Waals surface area contributed by atoms with Crippen LogP contribution < -0.4 is 11.3 Å². The molecule has 1 heterocycles. The van der Waals surface area contributed by atoms with E-state index in [1.807, 2.05) is 18.7 Å². The van der Waals surface area contributed by atoms with Gasteiger partial charge in [-0.3, -0.25) is 9.48 Å². The van der Waals surface area contributed by atoms with Crippen LogP contribution in [0.4, 0.5) is 5.69 Å². The van der Waals surface area contributed by atoms with Gasteiger partial charge < -0.3 is 5.73 Å². The Morgan fingerprint density at radius 3 is 2.14 bits per heavy atom. The molecule has 0 amide bonds. The third kappa shape index (κ3) is 1.45. The van der Waals surface area contributed by atoms with Crippen molar-refractivity contribution in [3.63, 3.8) is 0 Å². The molecule has 1 aromatic rings. The second-order valence-electron chi connectivity index (χ2n) is 3.64. The number of hydrogen-bond acceptors (Lipinski definition) is 2. The molecule has 0 unspecified atom stereocenters. The zero-order valence-corrected chi connectivity index (χ0v) is 9.37. The number of anilines is 1. The Morgan fingerprint density at radius 1 is 1.36 bits per heavy atom. The highest BCUT2D eigenvalue weighted by molar-refractivity contribution is 5.40. The molecule has 0 aromatic carbocycles. The fourth-order valence-corrected chi connectivity index (χ4v) is 1.80. The monoisotopic (exact) mass is 197 g/mol. The molecular formula is C10H19N3O. The first-order valence-corrected chi connectivity index (χ1v) is 5.08. The van der Waals surface area contributed by atoms with E-state index in [1.54, 1.807) is 4.68 Å². The molecule has 14 heavy (non-hydrogen) atoms. The number of hydrogen-bond donors (Lipinski definition) is 1. The predicted octanol–water partition coefficient (Wildman–Crippen LogP) is 1.44. The lowest BCUT2D eigenvalue weighted by Gasteiger charge is -2.17. The minimum atomic E-state index is -0.0568. The lowest BCUT2D eigenvalue weighted by atomic mass is 10.2. The first-order valence-electron chi connectivity index (χ1n) is 5.08. The highest BCUT2D eigenvalue weighted by Gasteiger charge is 2.16. The quantitative estimate of drug-likeness (QED) is 0.797. The molecule has 0 saturated carbocycles. The molecular weight excluding hydrogens is 178 g/mol. The molecule has 1 rings (SSSR count). The van der Waals surface area contributed by atoms with Gasteiger partial charge in [-0.1, -0.05) is 13.8 Å². The maximum atomic E-state index is 11.8. The summed E-state index contributed by atoms with van der Waals surface area (Å²) in [7, 11) is 1.88. The lowest BCUT2D eigenvalue weighted by molar-refractivity contribution is 0.363. The standard InChI is InChI=1S/C10H19N3O/c1-5-8(6-2)13-10(14)9(11)7(3)12(13)4/h8H,5-6,11H2,1-4H3. The number of nitrogens with two attached hydrogens (primary N) is 1. The van der Waals surface area contributed by atoms with Gasteiger partial charge in [-0.25, -0.2) is 4.68 Å². The van der Waals surface area contributed by atoms with Crippen molar-refractivity contribution in [1.82, 2.24) is 9.36 Å². The summed E-state index contributed by atoms with van der Waals surface area (Å²) in [6.45, 7) is 6.04. The van der Waals surface area contributed by atoms with Gasteiger partial charge in [0.05, 0.1) is 11.7 Å². The predicted molar refractivity (Wildman–Crippen MR) is 58.4 cm³/mol. The Labute approximate surface area is 84.3 Å². The van der Waals surface area contributed by atoms with Crippen molar-refractivity contribution < 1.29 is 0 Å². The third-order valence-corrected chi connectivity index (χ3v) is 2.93. The maximum Gasteiger partial charge on any atom is 0.290 e. The van der Waals surface area contributed by atoms with Gasteiger partial charge in [0.25, 0.3) is 5.56 Å². The maximum absolute atomic E-state index is 11.8. The van der Waals surface area contributed by atoms with Crippen LogP contribution in [0.2, 0.25) is 0 Å². The molecule has 80 valence electrons.